The van der Waals surface area contributed by atoms with Gasteiger partial charge in [-0.25, -0.2) is 0 Å². The normalized spacial score (nSPS) is 19.6. The first-order valence-electron chi connectivity index (χ1n) is 7.48. The Bertz CT molecular complexity index is 583. The van der Waals surface area contributed by atoms with Crippen molar-refractivity contribution < 1.29 is 9.90 Å². The monoisotopic (exact) mass is 285 g/mol. The van der Waals surface area contributed by atoms with Crippen LogP contribution in [0.1, 0.15) is 41.3 Å². The van der Waals surface area contributed by atoms with Gasteiger partial charge in [-0.15, -0.1) is 0 Å². The number of aliphatic hydroxyl groups excluding tert-OH is 1. The average Bonchev–Trinajstić information content (AvgIpc) is 3.15. The second-order valence-electron chi connectivity index (χ2n) is 5.96. The molecule has 1 aliphatic rings. The summed E-state index contributed by atoms with van der Waals surface area (Å²) in [5.41, 5.74) is 2.52. The average molecular weight is 285 g/mol. The number of rotatable bonds is 4. The molecule has 21 heavy (non-hydrogen) atoms. The molecule has 3 heteroatoms. The summed E-state index contributed by atoms with van der Waals surface area (Å²) in [6.07, 6.45) is 1.68. The predicted octanol–water partition coefficient (Wildman–Crippen LogP) is 2.46. The molecule has 1 fully saturated rings. The van der Waals surface area contributed by atoms with Crippen molar-refractivity contribution in [2.45, 2.75) is 26.7 Å². The van der Waals surface area contributed by atoms with Crippen LogP contribution in [0.15, 0.2) is 18.2 Å². The first kappa shape index (κ1) is 15.6. The number of hydrogen-bond acceptors (Lipinski definition) is 2. The summed E-state index contributed by atoms with van der Waals surface area (Å²) >= 11 is 0. The fourth-order valence-corrected chi connectivity index (χ4v) is 2.44. The van der Waals surface area contributed by atoms with Crippen molar-refractivity contribution >= 4 is 5.91 Å². The molecule has 2 atom stereocenters. The van der Waals surface area contributed by atoms with Crippen LogP contribution in [-0.4, -0.2) is 36.1 Å². The first-order valence-corrected chi connectivity index (χ1v) is 7.48. The van der Waals surface area contributed by atoms with Crippen molar-refractivity contribution in [1.29, 1.82) is 0 Å². The van der Waals surface area contributed by atoms with E-state index in [0.29, 0.717) is 12.3 Å². The van der Waals surface area contributed by atoms with Gasteiger partial charge >= 0.3 is 0 Å². The molecular formula is C18H23NO2. The van der Waals surface area contributed by atoms with E-state index in [0.717, 1.165) is 29.2 Å². The highest BCUT2D eigenvalue weighted by Crippen LogP contribution is 2.38. The van der Waals surface area contributed by atoms with Crippen LogP contribution in [0.5, 0.6) is 0 Å². The smallest absolute Gasteiger partial charge is 0.253 e. The van der Waals surface area contributed by atoms with E-state index in [9.17, 15) is 4.79 Å². The summed E-state index contributed by atoms with van der Waals surface area (Å²) in [7, 11) is 1.87. The summed E-state index contributed by atoms with van der Waals surface area (Å²) in [6.45, 7) is 5.07. The lowest BCUT2D eigenvalue weighted by Gasteiger charge is -2.18. The molecule has 0 spiro atoms. The van der Waals surface area contributed by atoms with E-state index in [1.807, 2.05) is 37.1 Å². The molecule has 1 aromatic carbocycles. The number of carbonyl (C=O) groups excluding carboxylic acids is 1. The number of amides is 1. The largest absolute Gasteiger partial charge is 0.395 e. The second-order valence-corrected chi connectivity index (χ2v) is 5.96. The Morgan fingerprint density at radius 3 is 2.81 bits per heavy atom. The zero-order chi connectivity index (χ0) is 15.4. The standard InChI is InChI=1S/C18H23NO2/c1-13-7-8-15(6-4-5-9-20)11-17(13)18(21)19(3)12-16-10-14(16)2/h7-8,11,14,16,20H,5,9-10,12H2,1-3H3. The van der Waals surface area contributed by atoms with Gasteiger partial charge in [-0.05, 0) is 42.9 Å². The van der Waals surface area contributed by atoms with Gasteiger partial charge in [0.25, 0.3) is 5.91 Å². The van der Waals surface area contributed by atoms with E-state index in [2.05, 4.69) is 18.8 Å². The van der Waals surface area contributed by atoms with Gasteiger partial charge in [0.15, 0.2) is 0 Å². The van der Waals surface area contributed by atoms with E-state index >= 15 is 0 Å². The molecule has 1 N–H and O–H groups in total. The highest BCUT2D eigenvalue weighted by atomic mass is 16.2. The summed E-state index contributed by atoms with van der Waals surface area (Å²) in [5, 5.41) is 8.75. The van der Waals surface area contributed by atoms with Crippen LogP contribution in [0.4, 0.5) is 0 Å². The molecule has 1 saturated carbocycles. The Balaban J connectivity index is 2.12. The van der Waals surface area contributed by atoms with Crippen molar-refractivity contribution in [3.63, 3.8) is 0 Å². The second kappa shape index (κ2) is 6.78. The van der Waals surface area contributed by atoms with Crippen molar-refractivity contribution in [3.05, 3.63) is 34.9 Å². The summed E-state index contributed by atoms with van der Waals surface area (Å²) in [5.74, 6) is 7.35. The lowest BCUT2D eigenvalue weighted by molar-refractivity contribution is 0.0786. The van der Waals surface area contributed by atoms with Crippen molar-refractivity contribution in [2.75, 3.05) is 20.2 Å². The minimum absolute atomic E-state index is 0.0625. The minimum Gasteiger partial charge on any atom is -0.395 e. The first-order chi connectivity index (χ1) is 10.0. The van der Waals surface area contributed by atoms with Gasteiger partial charge in [0.05, 0.1) is 6.61 Å². The zero-order valence-corrected chi connectivity index (χ0v) is 13.0. The minimum atomic E-state index is 0.0625. The summed E-state index contributed by atoms with van der Waals surface area (Å²) in [4.78, 5) is 14.4. The molecular weight excluding hydrogens is 262 g/mol. The third-order valence-electron chi connectivity index (χ3n) is 4.07. The topological polar surface area (TPSA) is 40.5 Å². The third kappa shape index (κ3) is 4.09. The number of nitrogens with zero attached hydrogens (tertiary/aromatic N) is 1. The van der Waals surface area contributed by atoms with Gasteiger partial charge in [0, 0.05) is 31.1 Å². The van der Waals surface area contributed by atoms with E-state index < -0.39 is 0 Å². The lowest BCUT2D eigenvalue weighted by Crippen LogP contribution is -2.29. The number of aryl methyl sites for hydroxylation is 1. The summed E-state index contributed by atoms with van der Waals surface area (Å²) < 4.78 is 0. The van der Waals surface area contributed by atoms with Crippen molar-refractivity contribution in [1.82, 2.24) is 4.90 Å². The highest BCUT2D eigenvalue weighted by molar-refractivity contribution is 5.95. The molecule has 2 unspecified atom stereocenters. The molecule has 3 nitrogen and oxygen atoms in total. The van der Waals surface area contributed by atoms with Crippen LogP contribution in [0, 0.1) is 30.6 Å². The maximum Gasteiger partial charge on any atom is 0.253 e. The molecule has 2 rings (SSSR count). The molecule has 1 aromatic rings. The lowest BCUT2D eigenvalue weighted by atomic mass is 10.0. The van der Waals surface area contributed by atoms with Crippen molar-refractivity contribution in [3.8, 4) is 11.8 Å². The maximum atomic E-state index is 12.6. The van der Waals surface area contributed by atoms with Crippen LogP contribution in [-0.2, 0) is 0 Å². The van der Waals surface area contributed by atoms with Gasteiger partial charge < -0.3 is 10.0 Å². The van der Waals surface area contributed by atoms with Crippen molar-refractivity contribution in [2.24, 2.45) is 11.8 Å². The fraction of sp³-hybridized carbons (Fsp3) is 0.500. The van der Waals surface area contributed by atoms with Crippen LogP contribution >= 0.6 is 0 Å². The van der Waals surface area contributed by atoms with Crippen LogP contribution in [0.2, 0.25) is 0 Å². The Labute approximate surface area is 127 Å². The number of benzene rings is 1. The van der Waals surface area contributed by atoms with Gasteiger partial charge in [0.1, 0.15) is 0 Å². The Morgan fingerprint density at radius 1 is 1.48 bits per heavy atom. The molecule has 0 bridgehead atoms. The van der Waals surface area contributed by atoms with Gasteiger partial charge in [-0.3, -0.25) is 4.79 Å². The van der Waals surface area contributed by atoms with E-state index in [1.54, 1.807) is 0 Å². The summed E-state index contributed by atoms with van der Waals surface area (Å²) in [6, 6.07) is 5.71. The molecule has 0 radical (unpaired) electrons. The molecule has 0 heterocycles. The SMILES string of the molecule is Cc1ccc(C#CCCO)cc1C(=O)N(C)CC1CC1C. The molecule has 0 aliphatic heterocycles. The Kier molecular flexibility index (Phi) is 5.03. The maximum absolute atomic E-state index is 12.6. The molecule has 1 amide bonds. The third-order valence-corrected chi connectivity index (χ3v) is 4.07. The molecule has 0 saturated heterocycles. The number of carbonyl (C=O) groups is 1. The predicted molar refractivity (Wildman–Crippen MR) is 84.0 cm³/mol. The van der Waals surface area contributed by atoms with E-state index in [4.69, 9.17) is 5.11 Å². The van der Waals surface area contributed by atoms with Gasteiger partial charge in [0.2, 0.25) is 0 Å². The van der Waals surface area contributed by atoms with Crippen LogP contribution in [0.25, 0.3) is 0 Å². The fourth-order valence-electron chi connectivity index (χ4n) is 2.44. The van der Waals surface area contributed by atoms with E-state index in [-0.39, 0.29) is 12.5 Å². The van der Waals surface area contributed by atoms with Gasteiger partial charge in [-0.1, -0.05) is 24.8 Å². The number of aliphatic hydroxyl groups is 1. The Morgan fingerprint density at radius 2 is 2.19 bits per heavy atom. The zero-order valence-electron chi connectivity index (χ0n) is 13.0. The van der Waals surface area contributed by atoms with Gasteiger partial charge in [-0.2, -0.15) is 0 Å². The highest BCUT2D eigenvalue weighted by Gasteiger charge is 2.34. The molecule has 112 valence electrons. The van der Waals surface area contributed by atoms with Crippen LogP contribution < -0.4 is 0 Å². The van der Waals surface area contributed by atoms with E-state index in [1.165, 1.54) is 6.42 Å². The Hall–Kier alpha value is -1.79. The number of hydrogen-bond donors (Lipinski definition) is 1. The quantitative estimate of drug-likeness (QED) is 0.863. The van der Waals surface area contributed by atoms with Crippen LogP contribution in [0.3, 0.4) is 0 Å². The molecule has 1 aliphatic carbocycles. The molecule has 0 aromatic heterocycles.